The van der Waals surface area contributed by atoms with Gasteiger partial charge in [0.1, 0.15) is 11.6 Å². The van der Waals surface area contributed by atoms with Crippen LogP contribution in [0.3, 0.4) is 0 Å². The number of benzene rings is 1. The lowest BCUT2D eigenvalue weighted by Gasteiger charge is -2.37. The van der Waals surface area contributed by atoms with Crippen LogP contribution in [-0.2, 0) is 11.2 Å². The molecule has 1 aromatic carbocycles. The van der Waals surface area contributed by atoms with Crippen LogP contribution in [-0.4, -0.2) is 16.9 Å². The largest absolute Gasteiger partial charge is 0.441 e. The SMILES string of the molecule is CC(C)[C@H]1CC[C@@H](C)C[C@H]1NC(=O)CCc1ncc(-c2c(F)cccc2F)o1. The Morgan fingerprint density at radius 2 is 2.00 bits per heavy atom. The van der Waals surface area contributed by atoms with Crippen LogP contribution in [0.4, 0.5) is 8.78 Å². The maximum atomic E-state index is 13.9. The molecule has 2 aromatic rings. The third kappa shape index (κ3) is 4.78. The fraction of sp³-hybridized carbons (Fsp3) is 0.545. The second kappa shape index (κ2) is 8.84. The zero-order valence-electron chi connectivity index (χ0n) is 16.7. The van der Waals surface area contributed by atoms with Crippen LogP contribution in [0.25, 0.3) is 11.3 Å². The minimum atomic E-state index is -0.702. The molecule has 1 saturated carbocycles. The molecule has 1 amide bonds. The molecule has 3 rings (SSSR count). The Morgan fingerprint density at radius 3 is 2.68 bits per heavy atom. The van der Waals surface area contributed by atoms with Crippen molar-refractivity contribution < 1.29 is 18.0 Å². The molecular formula is C22H28F2N2O2. The number of carbonyl (C=O) groups is 1. The Labute approximate surface area is 164 Å². The van der Waals surface area contributed by atoms with E-state index in [0.29, 0.717) is 23.6 Å². The Balaban J connectivity index is 1.59. The van der Waals surface area contributed by atoms with Crippen molar-refractivity contribution in [2.24, 2.45) is 17.8 Å². The predicted molar refractivity (Wildman–Crippen MR) is 103 cm³/mol. The van der Waals surface area contributed by atoms with Gasteiger partial charge in [-0.05, 0) is 42.7 Å². The molecule has 0 unspecified atom stereocenters. The highest BCUT2D eigenvalue weighted by Crippen LogP contribution is 2.33. The van der Waals surface area contributed by atoms with Crippen molar-refractivity contribution >= 4 is 5.91 Å². The molecule has 6 heteroatoms. The first kappa shape index (κ1) is 20.5. The standard InChI is InChI=1S/C22H28F2N2O2/c1-13(2)15-8-7-14(3)11-18(15)26-20(27)9-10-21-25-12-19(28-21)22-16(23)5-4-6-17(22)24/h4-6,12-15,18H,7-11H2,1-3H3,(H,26,27)/t14-,15-,18-/m1/s1. The van der Waals surface area contributed by atoms with E-state index in [1.165, 1.54) is 30.8 Å². The second-order valence-electron chi connectivity index (χ2n) is 8.22. The summed E-state index contributed by atoms with van der Waals surface area (Å²) >= 11 is 0. The number of carbonyl (C=O) groups excluding carboxylic acids is 1. The van der Waals surface area contributed by atoms with Crippen molar-refractivity contribution in [3.8, 4) is 11.3 Å². The highest BCUT2D eigenvalue weighted by Gasteiger charge is 2.31. The average molecular weight is 390 g/mol. The van der Waals surface area contributed by atoms with Crippen LogP contribution in [0, 0.1) is 29.4 Å². The van der Waals surface area contributed by atoms with Gasteiger partial charge in [0.25, 0.3) is 0 Å². The molecule has 1 aromatic heterocycles. The van der Waals surface area contributed by atoms with Gasteiger partial charge in [-0.3, -0.25) is 4.79 Å². The molecule has 1 fully saturated rings. The lowest BCUT2D eigenvalue weighted by Crippen LogP contribution is -2.45. The first-order chi connectivity index (χ1) is 13.3. The van der Waals surface area contributed by atoms with E-state index in [4.69, 9.17) is 4.42 Å². The van der Waals surface area contributed by atoms with Crippen molar-refractivity contribution in [1.82, 2.24) is 10.3 Å². The van der Waals surface area contributed by atoms with Gasteiger partial charge in [-0.2, -0.15) is 0 Å². The van der Waals surface area contributed by atoms with Gasteiger partial charge in [0.15, 0.2) is 11.7 Å². The zero-order chi connectivity index (χ0) is 20.3. The molecule has 152 valence electrons. The molecule has 3 atom stereocenters. The van der Waals surface area contributed by atoms with Crippen LogP contribution >= 0.6 is 0 Å². The summed E-state index contributed by atoms with van der Waals surface area (Å²) in [5.41, 5.74) is -0.235. The number of hydrogen-bond acceptors (Lipinski definition) is 3. The smallest absolute Gasteiger partial charge is 0.220 e. The topological polar surface area (TPSA) is 55.1 Å². The number of oxazole rings is 1. The van der Waals surface area contributed by atoms with Gasteiger partial charge in [-0.25, -0.2) is 13.8 Å². The Kier molecular flexibility index (Phi) is 6.47. The molecule has 0 saturated heterocycles. The quantitative estimate of drug-likeness (QED) is 0.744. The van der Waals surface area contributed by atoms with Gasteiger partial charge < -0.3 is 9.73 Å². The van der Waals surface area contributed by atoms with Crippen LogP contribution in [0.1, 0.15) is 52.3 Å². The fourth-order valence-electron chi connectivity index (χ4n) is 4.14. The van der Waals surface area contributed by atoms with E-state index >= 15 is 0 Å². The summed E-state index contributed by atoms with van der Waals surface area (Å²) in [6.07, 6.45) is 5.17. The molecular weight excluding hydrogens is 362 g/mol. The van der Waals surface area contributed by atoms with Gasteiger partial charge in [-0.1, -0.05) is 33.3 Å². The Hall–Kier alpha value is -2.24. The summed E-state index contributed by atoms with van der Waals surface area (Å²) in [6.45, 7) is 6.64. The number of nitrogens with zero attached hydrogens (tertiary/aromatic N) is 1. The van der Waals surface area contributed by atoms with E-state index in [-0.39, 0.29) is 36.1 Å². The Morgan fingerprint density at radius 1 is 1.29 bits per heavy atom. The van der Waals surface area contributed by atoms with Crippen molar-refractivity contribution in [2.45, 2.75) is 58.9 Å². The minimum Gasteiger partial charge on any atom is -0.441 e. The third-order valence-corrected chi connectivity index (χ3v) is 5.70. The molecule has 0 spiro atoms. The van der Waals surface area contributed by atoms with E-state index < -0.39 is 11.6 Å². The van der Waals surface area contributed by atoms with Gasteiger partial charge in [0.2, 0.25) is 5.91 Å². The van der Waals surface area contributed by atoms with E-state index in [9.17, 15) is 13.6 Å². The lowest BCUT2D eigenvalue weighted by molar-refractivity contribution is -0.122. The average Bonchev–Trinajstić information content (AvgIpc) is 3.08. The maximum Gasteiger partial charge on any atom is 0.220 e. The number of amides is 1. The number of nitrogens with one attached hydrogen (secondary N) is 1. The summed E-state index contributed by atoms with van der Waals surface area (Å²) in [6, 6.07) is 3.84. The number of aromatic nitrogens is 1. The van der Waals surface area contributed by atoms with E-state index in [1.807, 2.05) is 0 Å². The highest BCUT2D eigenvalue weighted by molar-refractivity contribution is 5.76. The van der Waals surface area contributed by atoms with Crippen molar-refractivity contribution in [1.29, 1.82) is 0 Å². The summed E-state index contributed by atoms with van der Waals surface area (Å²) in [5, 5.41) is 3.18. The summed E-state index contributed by atoms with van der Waals surface area (Å²) in [5.74, 6) is 0.530. The molecule has 0 bridgehead atoms. The third-order valence-electron chi connectivity index (χ3n) is 5.70. The maximum absolute atomic E-state index is 13.9. The van der Waals surface area contributed by atoms with E-state index in [2.05, 4.69) is 31.1 Å². The Bertz CT molecular complexity index is 798. The summed E-state index contributed by atoms with van der Waals surface area (Å²) in [7, 11) is 0. The summed E-state index contributed by atoms with van der Waals surface area (Å²) < 4.78 is 33.2. The van der Waals surface area contributed by atoms with Gasteiger partial charge in [0.05, 0.1) is 11.8 Å². The van der Waals surface area contributed by atoms with Crippen LogP contribution < -0.4 is 5.32 Å². The first-order valence-electron chi connectivity index (χ1n) is 10.0. The van der Waals surface area contributed by atoms with Crippen LogP contribution in [0.5, 0.6) is 0 Å². The molecule has 28 heavy (non-hydrogen) atoms. The molecule has 0 aliphatic heterocycles. The molecule has 1 heterocycles. The molecule has 4 nitrogen and oxygen atoms in total. The molecule has 1 N–H and O–H groups in total. The van der Waals surface area contributed by atoms with Crippen molar-refractivity contribution in [3.63, 3.8) is 0 Å². The monoisotopic (exact) mass is 390 g/mol. The lowest BCUT2D eigenvalue weighted by atomic mass is 9.74. The number of rotatable bonds is 6. The highest BCUT2D eigenvalue weighted by atomic mass is 19.1. The van der Waals surface area contributed by atoms with Crippen molar-refractivity contribution in [2.75, 3.05) is 0 Å². The van der Waals surface area contributed by atoms with E-state index in [1.54, 1.807) is 0 Å². The normalized spacial score (nSPS) is 22.4. The number of halogens is 2. The van der Waals surface area contributed by atoms with Gasteiger partial charge in [0, 0.05) is 18.9 Å². The van der Waals surface area contributed by atoms with Gasteiger partial charge in [-0.15, -0.1) is 0 Å². The number of aryl methyl sites for hydroxylation is 1. The van der Waals surface area contributed by atoms with Crippen LogP contribution in [0.2, 0.25) is 0 Å². The molecule has 1 aliphatic rings. The predicted octanol–water partition coefficient (Wildman–Crippen LogP) is 5.13. The summed E-state index contributed by atoms with van der Waals surface area (Å²) in [4.78, 5) is 16.5. The zero-order valence-corrected chi connectivity index (χ0v) is 16.7. The molecule has 1 aliphatic carbocycles. The van der Waals surface area contributed by atoms with E-state index in [0.717, 1.165) is 12.8 Å². The first-order valence-corrected chi connectivity index (χ1v) is 10.0. The second-order valence-corrected chi connectivity index (χ2v) is 8.22. The fourth-order valence-corrected chi connectivity index (χ4v) is 4.14. The van der Waals surface area contributed by atoms with Crippen LogP contribution in [0.15, 0.2) is 28.8 Å². The number of hydrogen-bond donors (Lipinski definition) is 1. The molecule has 0 radical (unpaired) electrons. The van der Waals surface area contributed by atoms with Gasteiger partial charge >= 0.3 is 0 Å². The van der Waals surface area contributed by atoms with Crippen molar-refractivity contribution in [3.05, 3.63) is 41.9 Å². The minimum absolute atomic E-state index is 0.0342.